The van der Waals surface area contributed by atoms with Gasteiger partial charge >= 0.3 is 0 Å². The number of anilines is 1. The molecule has 0 amide bonds. The highest BCUT2D eigenvalue weighted by molar-refractivity contribution is 6.31. The predicted octanol–water partition coefficient (Wildman–Crippen LogP) is 5.19. The van der Waals surface area contributed by atoms with E-state index in [4.69, 9.17) is 11.6 Å². The number of benzene rings is 2. The van der Waals surface area contributed by atoms with Gasteiger partial charge in [0, 0.05) is 36.5 Å². The fraction of sp³-hybridized carbons (Fsp3) is 0.238. The van der Waals surface area contributed by atoms with Gasteiger partial charge in [-0.2, -0.15) is 0 Å². The zero-order valence-corrected chi connectivity index (χ0v) is 15.6. The lowest BCUT2D eigenvalue weighted by Crippen LogP contribution is -2.31. The second-order valence-electron chi connectivity index (χ2n) is 7.06. The van der Waals surface area contributed by atoms with Crippen molar-refractivity contribution in [2.24, 2.45) is 0 Å². The lowest BCUT2D eigenvalue weighted by atomic mass is 10.1. The van der Waals surface area contributed by atoms with Gasteiger partial charge < -0.3 is 9.80 Å². The quantitative estimate of drug-likeness (QED) is 0.612. The summed E-state index contributed by atoms with van der Waals surface area (Å²) in [4.78, 5) is 13.4. The second-order valence-corrected chi connectivity index (χ2v) is 7.46. The summed E-state index contributed by atoms with van der Waals surface area (Å²) in [5, 5.41) is 0.143. The molecule has 0 N–H and O–H groups in total. The van der Waals surface area contributed by atoms with Crippen LogP contribution in [0.3, 0.4) is 0 Å². The molecule has 6 heteroatoms. The Morgan fingerprint density at radius 2 is 1.93 bits per heavy atom. The van der Waals surface area contributed by atoms with Gasteiger partial charge in [-0.25, -0.2) is 4.39 Å². The third kappa shape index (κ3) is 2.65. The van der Waals surface area contributed by atoms with Crippen molar-refractivity contribution in [1.29, 1.82) is 0 Å². The minimum absolute atomic E-state index is 0.00846. The zero-order valence-electron chi connectivity index (χ0n) is 14.9. The highest BCUT2D eigenvalue weighted by atomic mass is 35.5. The molecule has 4 nitrogen and oxygen atoms in total. The SMILES string of the molecule is Cc1cc(F)c(Cl)cc1N1C=C2CCCN2C1c1ccc2nccnc2c1. The highest BCUT2D eigenvalue weighted by Gasteiger charge is 2.37. The van der Waals surface area contributed by atoms with E-state index in [2.05, 4.69) is 38.1 Å². The van der Waals surface area contributed by atoms with E-state index in [1.54, 1.807) is 18.5 Å². The summed E-state index contributed by atoms with van der Waals surface area (Å²) in [6.45, 7) is 2.92. The number of aryl methyl sites for hydroxylation is 1. The summed E-state index contributed by atoms with van der Waals surface area (Å²) >= 11 is 6.10. The Balaban J connectivity index is 1.65. The Kier molecular flexibility index (Phi) is 3.79. The molecule has 27 heavy (non-hydrogen) atoms. The molecule has 136 valence electrons. The molecule has 3 heterocycles. The molecule has 2 aliphatic rings. The van der Waals surface area contributed by atoms with Crippen LogP contribution in [-0.2, 0) is 0 Å². The van der Waals surface area contributed by atoms with E-state index in [1.807, 2.05) is 13.0 Å². The maximum absolute atomic E-state index is 13.9. The number of hydrogen-bond donors (Lipinski definition) is 0. The van der Waals surface area contributed by atoms with E-state index in [0.29, 0.717) is 0 Å². The molecule has 1 fully saturated rings. The van der Waals surface area contributed by atoms with Gasteiger partial charge in [-0.1, -0.05) is 17.7 Å². The molecular formula is C21H18ClFN4. The first-order valence-electron chi connectivity index (χ1n) is 9.04. The smallest absolute Gasteiger partial charge is 0.142 e. The lowest BCUT2D eigenvalue weighted by molar-refractivity contribution is 0.319. The highest BCUT2D eigenvalue weighted by Crippen LogP contribution is 2.44. The first kappa shape index (κ1) is 16.5. The van der Waals surface area contributed by atoms with Crippen molar-refractivity contribution in [2.75, 3.05) is 11.4 Å². The van der Waals surface area contributed by atoms with Gasteiger partial charge in [-0.15, -0.1) is 0 Å². The van der Waals surface area contributed by atoms with Crippen LogP contribution in [0.2, 0.25) is 5.02 Å². The van der Waals surface area contributed by atoms with Gasteiger partial charge in [-0.3, -0.25) is 9.97 Å². The molecule has 1 saturated heterocycles. The third-order valence-corrected chi connectivity index (χ3v) is 5.65. The van der Waals surface area contributed by atoms with Gasteiger partial charge in [0.1, 0.15) is 12.0 Å². The number of nitrogens with zero attached hydrogens (tertiary/aromatic N) is 4. The second kappa shape index (κ2) is 6.20. The van der Waals surface area contributed by atoms with Crippen LogP contribution in [0.4, 0.5) is 10.1 Å². The molecule has 2 aromatic carbocycles. The van der Waals surface area contributed by atoms with Crippen LogP contribution >= 0.6 is 11.6 Å². The van der Waals surface area contributed by atoms with E-state index >= 15 is 0 Å². The molecule has 1 unspecified atom stereocenters. The first-order chi connectivity index (χ1) is 13.1. The molecule has 0 aliphatic carbocycles. The van der Waals surface area contributed by atoms with Crippen LogP contribution in [0.25, 0.3) is 11.0 Å². The van der Waals surface area contributed by atoms with Crippen LogP contribution in [0.15, 0.2) is 54.6 Å². The number of hydrogen-bond acceptors (Lipinski definition) is 4. The average molecular weight is 381 g/mol. The van der Waals surface area contributed by atoms with Crippen LogP contribution in [0.5, 0.6) is 0 Å². The topological polar surface area (TPSA) is 32.3 Å². The Labute approximate surface area is 161 Å². The number of fused-ring (bicyclic) bond motifs is 2. The molecule has 0 bridgehead atoms. The molecular weight excluding hydrogens is 363 g/mol. The van der Waals surface area contributed by atoms with Crippen LogP contribution in [-0.4, -0.2) is 21.4 Å². The molecule has 1 atom stereocenters. The molecule has 0 spiro atoms. The maximum Gasteiger partial charge on any atom is 0.142 e. The summed E-state index contributed by atoms with van der Waals surface area (Å²) in [7, 11) is 0. The van der Waals surface area contributed by atoms with Crippen molar-refractivity contribution in [3.8, 4) is 0 Å². The minimum Gasteiger partial charge on any atom is -0.349 e. The largest absolute Gasteiger partial charge is 0.349 e. The van der Waals surface area contributed by atoms with Crippen LogP contribution in [0, 0.1) is 12.7 Å². The van der Waals surface area contributed by atoms with Gasteiger partial charge in [0.05, 0.1) is 16.1 Å². The summed E-state index contributed by atoms with van der Waals surface area (Å²) in [5.74, 6) is -0.386. The Morgan fingerprint density at radius 1 is 1.11 bits per heavy atom. The normalized spacial score (nSPS) is 18.9. The monoisotopic (exact) mass is 380 g/mol. The first-order valence-corrected chi connectivity index (χ1v) is 9.41. The summed E-state index contributed by atoms with van der Waals surface area (Å²) in [6.07, 6.45) is 7.79. The summed E-state index contributed by atoms with van der Waals surface area (Å²) < 4.78 is 13.9. The number of halogens is 2. The van der Waals surface area contributed by atoms with E-state index in [1.165, 1.54) is 11.8 Å². The van der Waals surface area contributed by atoms with Gasteiger partial charge in [0.25, 0.3) is 0 Å². The molecule has 3 aromatic rings. The van der Waals surface area contributed by atoms with E-state index < -0.39 is 0 Å². The van der Waals surface area contributed by atoms with Crippen molar-refractivity contribution in [3.63, 3.8) is 0 Å². The third-order valence-electron chi connectivity index (χ3n) is 5.36. The average Bonchev–Trinajstić information content (AvgIpc) is 3.25. The zero-order chi connectivity index (χ0) is 18.5. The Bertz CT molecular complexity index is 1080. The van der Waals surface area contributed by atoms with Gasteiger partial charge in [0.15, 0.2) is 0 Å². The maximum atomic E-state index is 13.9. The molecule has 2 aliphatic heterocycles. The molecule has 0 saturated carbocycles. The summed E-state index contributed by atoms with van der Waals surface area (Å²) in [6, 6.07) is 9.43. The van der Waals surface area contributed by atoms with Gasteiger partial charge in [0.2, 0.25) is 0 Å². The lowest BCUT2D eigenvalue weighted by Gasteiger charge is -2.33. The minimum atomic E-state index is -0.386. The standard InChI is InChI=1S/C21H18ClFN4/c1-13-9-17(23)16(22)11-20(13)27-12-15-3-2-8-26(15)21(27)14-4-5-18-19(10-14)25-7-6-24-18/h4-7,9-12,21H,2-3,8H2,1H3. The predicted molar refractivity (Wildman–Crippen MR) is 105 cm³/mol. The van der Waals surface area contributed by atoms with Crippen LogP contribution < -0.4 is 4.90 Å². The fourth-order valence-corrected chi connectivity index (χ4v) is 4.27. The van der Waals surface area contributed by atoms with Crippen molar-refractivity contribution in [3.05, 3.63) is 76.6 Å². The summed E-state index contributed by atoms with van der Waals surface area (Å²) in [5.41, 5.74) is 5.97. The van der Waals surface area contributed by atoms with Crippen molar-refractivity contribution in [1.82, 2.24) is 14.9 Å². The van der Waals surface area contributed by atoms with Crippen molar-refractivity contribution in [2.45, 2.75) is 25.9 Å². The Morgan fingerprint density at radius 3 is 2.78 bits per heavy atom. The molecule has 0 radical (unpaired) electrons. The molecule has 5 rings (SSSR count). The van der Waals surface area contributed by atoms with E-state index in [9.17, 15) is 4.39 Å². The van der Waals surface area contributed by atoms with E-state index in [0.717, 1.165) is 47.2 Å². The Hall–Kier alpha value is -2.66. The number of aromatic nitrogens is 2. The number of allylic oxidation sites excluding steroid dienone is 1. The molecule has 1 aromatic heterocycles. The number of rotatable bonds is 2. The van der Waals surface area contributed by atoms with Gasteiger partial charge in [-0.05, 0) is 55.2 Å². The van der Waals surface area contributed by atoms with Crippen molar-refractivity contribution >= 4 is 28.3 Å². The van der Waals surface area contributed by atoms with E-state index in [-0.39, 0.29) is 17.0 Å². The van der Waals surface area contributed by atoms with Crippen LogP contribution in [0.1, 0.15) is 30.1 Å². The van der Waals surface area contributed by atoms with Crippen molar-refractivity contribution < 1.29 is 4.39 Å². The fourth-order valence-electron chi connectivity index (χ4n) is 4.11.